The minimum Gasteiger partial charge on any atom is -0.490 e. The van der Waals surface area contributed by atoms with Crippen LogP contribution in [0.3, 0.4) is 0 Å². The molecule has 0 saturated heterocycles. The van der Waals surface area contributed by atoms with Crippen molar-refractivity contribution in [3.63, 3.8) is 0 Å². The Morgan fingerprint density at radius 1 is 1.09 bits per heavy atom. The predicted octanol–water partition coefficient (Wildman–Crippen LogP) is 3.50. The van der Waals surface area contributed by atoms with E-state index in [4.69, 9.17) is 18.6 Å². The Morgan fingerprint density at radius 3 is 2.49 bits per heavy atom. The zero-order valence-electron chi connectivity index (χ0n) is 20.4. The van der Waals surface area contributed by atoms with Crippen LogP contribution in [-0.2, 0) is 9.53 Å². The number of carbonyl (C=O) groups is 1. The summed E-state index contributed by atoms with van der Waals surface area (Å²) < 4.78 is 24.5. The lowest BCUT2D eigenvalue weighted by molar-refractivity contribution is -0.139. The van der Waals surface area contributed by atoms with Crippen molar-refractivity contribution >= 4 is 23.4 Å². The van der Waals surface area contributed by atoms with E-state index in [-0.39, 0.29) is 12.2 Å². The van der Waals surface area contributed by atoms with E-state index < -0.39 is 12.0 Å². The van der Waals surface area contributed by atoms with Gasteiger partial charge in [-0.25, -0.2) is 9.79 Å². The Bertz CT molecular complexity index is 1460. The maximum atomic E-state index is 13.6. The smallest absolute Gasteiger partial charge is 0.338 e. The Kier molecular flexibility index (Phi) is 7.25. The Labute approximate surface area is 206 Å². The number of esters is 1. The van der Waals surface area contributed by atoms with E-state index in [2.05, 4.69) is 4.99 Å². The third-order valence-corrected chi connectivity index (χ3v) is 6.42. The first-order valence-corrected chi connectivity index (χ1v) is 12.3. The van der Waals surface area contributed by atoms with Crippen molar-refractivity contribution in [3.8, 4) is 11.5 Å². The maximum Gasteiger partial charge on any atom is 0.338 e. The van der Waals surface area contributed by atoms with E-state index >= 15 is 0 Å². The molecule has 35 heavy (non-hydrogen) atoms. The van der Waals surface area contributed by atoms with E-state index in [1.165, 1.54) is 15.9 Å². The summed E-state index contributed by atoms with van der Waals surface area (Å²) in [5.41, 5.74) is 1.23. The fraction of sp³-hybridized carbons (Fsp3) is 0.346. The number of thiazole rings is 1. The summed E-state index contributed by atoms with van der Waals surface area (Å²) >= 11 is 1.25. The van der Waals surface area contributed by atoms with Crippen molar-refractivity contribution in [2.24, 2.45) is 4.99 Å². The van der Waals surface area contributed by atoms with Crippen LogP contribution in [0.4, 0.5) is 0 Å². The summed E-state index contributed by atoms with van der Waals surface area (Å²) in [6.45, 7) is 10.2. The Morgan fingerprint density at radius 2 is 1.83 bits per heavy atom. The number of aromatic nitrogens is 1. The molecular weight excluding hydrogens is 468 g/mol. The molecule has 1 aliphatic rings. The van der Waals surface area contributed by atoms with Gasteiger partial charge in [0.2, 0.25) is 0 Å². The van der Waals surface area contributed by atoms with Gasteiger partial charge in [-0.3, -0.25) is 9.36 Å². The van der Waals surface area contributed by atoms with E-state index in [9.17, 15) is 9.59 Å². The molecule has 1 aromatic carbocycles. The van der Waals surface area contributed by atoms with Gasteiger partial charge in [0, 0.05) is 6.08 Å². The summed E-state index contributed by atoms with van der Waals surface area (Å²) in [5.74, 6) is 1.95. The molecule has 9 heteroatoms. The summed E-state index contributed by atoms with van der Waals surface area (Å²) in [4.78, 5) is 31.8. The molecule has 1 atom stereocenters. The molecule has 1 unspecified atom stereocenters. The molecule has 3 aromatic rings. The highest BCUT2D eigenvalue weighted by Crippen LogP contribution is 2.36. The van der Waals surface area contributed by atoms with Crippen molar-refractivity contribution in [1.29, 1.82) is 0 Å². The number of carbonyl (C=O) groups excluding carboxylic acids is 1. The monoisotopic (exact) mass is 496 g/mol. The lowest BCUT2D eigenvalue weighted by Gasteiger charge is -2.25. The molecule has 0 saturated carbocycles. The second-order valence-corrected chi connectivity index (χ2v) is 8.83. The third-order valence-electron chi connectivity index (χ3n) is 5.43. The van der Waals surface area contributed by atoms with Crippen molar-refractivity contribution < 1.29 is 23.4 Å². The van der Waals surface area contributed by atoms with Crippen LogP contribution in [0.15, 0.2) is 55.8 Å². The second kappa shape index (κ2) is 10.4. The number of ether oxygens (including phenoxy) is 3. The largest absolute Gasteiger partial charge is 0.490 e. The molecule has 3 heterocycles. The van der Waals surface area contributed by atoms with E-state index in [0.717, 1.165) is 5.76 Å². The van der Waals surface area contributed by atoms with Crippen LogP contribution >= 0.6 is 11.3 Å². The van der Waals surface area contributed by atoms with Gasteiger partial charge in [-0.15, -0.1) is 0 Å². The van der Waals surface area contributed by atoms with Gasteiger partial charge in [0.1, 0.15) is 11.5 Å². The second-order valence-electron chi connectivity index (χ2n) is 7.82. The van der Waals surface area contributed by atoms with Gasteiger partial charge in [0.25, 0.3) is 5.56 Å². The number of furan rings is 1. The van der Waals surface area contributed by atoms with Gasteiger partial charge >= 0.3 is 5.97 Å². The van der Waals surface area contributed by atoms with Gasteiger partial charge in [-0.05, 0) is 64.4 Å². The quantitative estimate of drug-likeness (QED) is 0.443. The number of benzene rings is 1. The molecule has 0 fully saturated rings. The first kappa shape index (κ1) is 24.5. The Balaban J connectivity index is 1.95. The highest BCUT2D eigenvalue weighted by molar-refractivity contribution is 7.07. The number of nitrogens with zero attached hydrogens (tertiary/aromatic N) is 2. The lowest BCUT2D eigenvalue weighted by atomic mass is 9.95. The van der Waals surface area contributed by atoms with Crippen molar-refractivity contribution in [1.82, 2.24) is 4.57 Å². The SMILES string of the molecule is CCOC(=O)C1=C(C)N=c2sc(=Cc3ccc(C)o3)c(=O)n2C1c1ccc(OCC)c(OCC)c1. The summed E-state index contributed by atoms with van der Waals surface area (Å²) in [6, 6.07) is 8.35. The molecule has 0 aliphatic carbocycles. The van der Waals surface area contributed by atoms with E-state index in [1.807, 2.05) is 39.0 Å². The van der Waals surface area contributed by atoms with Gasteiger partial charge in [-0.2, -0.15) is 0 Å². The summed E-state index contributed by atoms with van der Waals surface area (Å²) in [5, 5.41) is 0. The number of aryl methyl sites for hydroxylation is 1. The first-order valence-electron chi connectivity index (χ1n) is 11.5. The maximum absolute atomic E-state index is 13.6. The zero-order chi connectivity index (χ0) is 25.1. The number of hydrogen-bond donors (Lipinski definition) is 0. The van der Waals surface area contributed by atoms with Gasteiger partial charge in [0.05, 0.1) is 41.7 Å². The molecule has 0 radical (unpaired) electrons. The average molecular weight is 497 g/mol. The van der Waals surface area contributed by atoms with Crippen LogP contribution in [-0.4, -0.2) is 30.4 Å². The highest BCUT2D eigenvalue weighted by atomic mass is 32.1. The zero-order valence-corrected chi connectivity index (χ0v) is 21.2. The molecule has 4 rings (SSSR count). The van der Waals surface area contributed by atoms with Crippen LogP contribution in [0.2, 0.25) is 0 Å². The van der Waals surface area contributed by atoms with Crippen molar-refractivity contribution in [2.75, 3.05) is 19.8 Å². The molecule has 1 aliphatic heterocycles. The summed E-state index contributed by atoms with van der Waals surface area (Å²) in [7, 11) is 0. The molecule has 8 nitrogen and oxygen atoms in total. The minimum atomic E-state index is -0.735. The molecule has 0 bridgehead atoms. The number of rotatable bonds is 8. The first-order chi connectivity index (χ1) is 16.9. The average Bonchev–Trinajstić information content (AvgIpc) is 3.37. The van der Waals surface area contributed by atoms with E-state index in [1.54, 1.807) is 32.1 Å². The molecule has 0 amide bonds. The molecule has 0 spiro atoms. The topological polar surface area (TPSA) is 92.3 Å². The van der Waals surface area contributed by atoms with Crippen LogP contribution < -0.4 is 24.4 Å². The van der Waals surface area contributed by atoms with Crippen molar-refractivity contribution in [2.45, 2.75) is 40.7 Å². The van der Waals surface area contributed by atoms with Crippen molar-refractivity contribution in [3.05, 3.63) is 78.4 Å². The predicted molar refractivity (Wildman–Crippen MR) is 133 cm³/mol. The van der Waals surface area contributed by atoms with Crippen LogP contribution in [0.25, 0.3) is 6.08 Å². The third kappa shape index (κ3) is 4.81. The van der Waals surface area contributed by atoms with Crippen LogP contribution in [0.1, 0.15) is 50.8 Å². The van der Waals surface area contributed by atoms with Gasteiger partial charge in [0.15, 0.2) is 16.3 Å². The van der Waals surface area contributed by atoms with Gasteiger partial charge in [-0.1, -0.05) is 17.4 Å². The fourth-order valence-corrected chi connectivity index (χ4v) is 5.03. The number of hydrogen-bond acceptors (Lipinski definition) is 8. The minimum absolute atomic E-state index is 0.206. The van der Waals surface area contributed by atoms with Crippen LogP contribution in [0.5, 0.6) is 11.5 Å². The summed E-state index contributed by atoms with van der Waals surface area (Å²) in [6.07, 6.45) is 1.70. The molecule has 0 N–H and O–H groups in total. The number of allylic oxidation sites excluding steroid dienone is 1. The lowest BCUT2D eigenvalue weighted by Crippen LogP contribution is -2.40. The molecule has 2 aromatic heterocycles. The fourth-order valence-electron chi connectivity index (χ4n) is 4.00. The Hall–Kier alpha value is -3.59. The molecule has 184 valence electrons. The molecular formula is C26H28N2O6S. The standard InChI is InChI=1S/C26H28N2O6S/c1-6-31-19-12-10-17(13-20(19)32-7-2)23-22(25(30)33-8-3)16(5)27-26-28(23)24(29)21(35-26)14-18-11-9-15(4)34-18/h9-14,23H,6-8H2,1-5H3. The highest BCUT2D eigenvalue weighted by Gasteiger charge is 2.34. The van der Waals surface area contributed by atoms with E-state index in [0.29, 0.717) is 56.6 Å². The normalized spacial score (nSPS) is 15.6. The number of fused-ring (bicyclic) bond motifs is 1. The van der Waals surface area contributed by atoms with Crippen LogP contribution in [0, 0.1) is 6.92 Å². The van der Waals surface area contributed by atoms with Gasteiger partial charge < -0.3 is 18.6 Å².